The number of hydrogen-bond acceptors (Lipinski definition) is 5. The molecule has 0 aliphatic carbocycles. The Kier molecular flexibility index (Phi) is 5.59. The van der Waals surface area contributed by atoms with Crippen molar-refractivity contribution in [1.82, 2.24) is 9.88 Å². The third-order valence-electron chi connectivity index (χ3n) is 3.95. The molecular formula is C18H21N3O2S. The summed E-state index contributed by atoms with van der Waals surface area (Å²) in [6, 6.07) is 11.7. The summed E-state index contributed by atoms with van der Waals surface area (Å²) in [5, 5.41) is 12.8. The standard InChI is InChI=1S/C18H21N3O2S/c1-2-14-3-6-16(7-4-14)23-17-8-5-15(13-19-17)18(20-22)21-9-11-24-12-10-21/h3-8,13,22H,2,9-12H2,1H3/b20-18-. The van der Waals surface area contributed by atoms with E-state index in [2.05, 4.69) is 34.1 Å². The number of nitrogens with zero attached hydrogens (tertiary/aromatic N) is 3. The van der Waals surface area contributed by atoms with Crippen molar-refractivity contribution in [3.63, 3.8) is 0 Å². The van der Waals surface area contributed by atoms with Crippen LogP contribution in [0.15, 0.2) is 47.8 Å². The van der Waals surface area contributed by atoms with Gasteiger partial charge in [0, 0.05) is 42.4 Å². The van der Waals surface area contributed by atoms with Crippen LogP contribution in [0.2, 0.25) is 0 Å². The van der Waals surface area contributed by atoms with Crippen LogP contribution < -0.4 is 4.74 Å². The number of amidine groups is 1. The van der Waals surface area contributed by atoms with Gasteiger partial charge < -0.3 is 14.8 Å². The van der Waals surface area contributed by atoms with Crippen LogP contribution >= 0.6 is 11.8 Å². The average Bonchev–Trinajstić information content (AvgIpc) is 2.65. The molecule has 1 saturated heterocycles. The zero-order valence-electron chi connectivity index (χ0n) is 13.7. The number of pyridine rings is 1. The van der Waals surface area contributed by atoms with E-state index in [4.69, 9.17) is 4.74 Å². The molecular weight excluding hydrogens is 322 g/mol. The summed E-state index contributed by atoms with van der Waals surface area (Å²) in [5.74, 6) is 3.94. The molecule has 1 aliphatic heterocycles. The molecule has 6 heteroatoms. The minimum Gasteiger partial charge on any atom is -0.439 e. The lowest BCUT2D eigenvalue weighted by Crippen LogP contribution is -2.38. The molecule has 3 rings (SSSR count). The Bertz CT molecular complexity index is 680. The van der Waals surface area contributed by atoms with Gasteiger partial charge in [0.15, 0.2) is 5.84 Å². The minimum atomic E-state index is 0.523. The van der Waals surface area contributed by atoms with Crippen molar-refractivity contribution in [3.8, 4) is 11.6 Å². The first-order chi connectivity index (χ1) is 11.8. The highest BCUT2D eigenvalue weighted by Crippen LogP contribution is 2.21. The van der Waals surface area contributed by atoms with E-state index in [1.54, 1.807) is 12.3 Å². The Morgan fingerprint density at radius 1 is 1.21 bits per heavy atom. The van der Waals surface area contributed by atoms with Gasteiger partial charge in [-0.1, -0.05) is 24.2 Å². The SMILES string of the molecule is CCc1ccc(Oc2ccc(/C(=N/O)N3CCSCC3)cn2)cc1. The molecule has 2 aromatic rings. The van der Waals surface area contributed by atoms with Crippen molar-refractivity contribution in [2.45, 2.75) is 13.3 Å². The zero-order chi connectivity index (χ0) is 16.8. The summed E-state index contributed by atoms with van der Waals surface area (Å²) < 4.78 is 5.76. The predicted octanol–water partition coefficient (Wildman–Crippen LogP) is 3.62. The summed E-state index contributed by atoms with van der Waals surface area (Å²) >= 11 is 1.91. The van der Waals surface area contributed by atoms with Crippen molar-refractivity contribution in [2.75, 3.05) is 24.6 Å². The fourth-order valence-electron chi connectivity index (χ4n) is 2.57. The smallest absolute Gasteiger partial charge is 0.219 e. The molecule has 5 nitrogen and oxygen atoms in total. The predicted molar refractivity (Wildman–Crippen MR) is 97.4 cm³/mol. The van der Waals surface area contributed by atoms with Gasteiger partial charge in [0.05, 0.1) is 0 Å². The van der Waals surface area contributed by atoms with Gasteiger partial charge in [0.25, 0.3) is 0 Å². The molecule has 1 aromatic heterocycles. The lowest BCUT2D eigenvalue weighted by Gasteiger charge is -2.28. The van der Waals surface area contributed by atoms with Crippen molar-refractivity contribution in [2.24, 2.45) is 5.16 Å². The molecule has 0 amide bonds. The van der Waals surface area contributed by atoms with Crippen molar-refractivity contribution >= 4 is 17.6 Å². The van der Waals surface area contributed by atoms with Gasteiger partial charge in [-0.25, -0.2) is 4.98 Å². The zero-order valence-corrected chi connectivity index (χ0v) is 14.5. The number of oxime groups is 1. The third kappa shape index (κ3) is 4.00. The van der Waals surface area contributed by atoms with Crippen LogP contribution in [0.3, 0.4) is 0 Å². The van der Waals surface area contributed by atoms with Crippen LogP contribution in [0.4, 0.5) is 0 Å². The minimum absolute atomic E-state index is 0.523. The molecule has 0 unspecified atom stereocenters. The molecule has 24 heavy (non-hydrogen) atoms. The number of thioether (sulfide) groups is 1. The van der Waals surface area contributed by atoms with Gasteiger partial charge in [-0.3, -0.25) is 0 Å². The number of hydrogen-bond donors (Lipinski definition) is 1. The molecule has 2 heterocycles. The quantitative estimate of drug-likeness (QED) is 0.398. The van der Waals surface area contributed by atoms with E-state index in [-0.39, 0.29) is 0 Å². The van der Waals surface area contributed by atoms with E-state index in [0.29, 0.717) is 11.7 Å². The van der Waals surface area contributed by atoms with E-state index in [1.807, 2.05) is 30.0 Å². The second kappa shape index (κ2) is 8.06. The molecule has 0 atom stereocenters. The van der Waals surface area contributed by atoms with Crippen molar-refractivity contribution in [3.05, 3.63) is 53.7 Å². The Hall–Kier alpha value is -2.21. The normalized spacial score (nSPS) is 15.4. The molecule has 0 spiro atoms. The Morgan fingerprint density at radius 2 is 1.96 bits per heavy atom. The second-order valence-electron chi connectivity index (χ2n) is 5.51. The second-order valence-corrected chi connectivity index (χ2v) is 6.73. The molecule has 1 aromatic carbocycles. The summed E-state index contributed by atoms with van der Waals surface area (Å²) in [7, 11) is 0. The first-order valence-corrected chi connectivity index (χ1v) is 9.23. The number of benzene rings is 1. The fraction of sp³-hybridized carbons (Fsp3) is 0.333. The maximum absolute atomic E-state index is 9.37. The van der Waals surface area contributed by atoms with Crippen molar-refractivity contribution < 1.29 is 9.94 Å². The Balaban J connectivity index is 1.69. The first kappa shape index (κ1) is 16.6. The fourth-order valence-corrected chi connectivity index (χ4v) is 3.47. The van der Waals surface area contributed by atoms with E-state index >= 15 is 0 Å². The highest BCUT2D eigenvalue weighted by atomic mass is 32.2. The molecule has 1 aliphatic rings. The average molecular weight is 343 g/mol. The maximum atomic E-state index is 9.37. The lowest BCUT2D eigenvalue weighted by atomic mass is 10.2. The maximum Gasteiger partial charge on any atom is 0.219 e. The molecule has 1 fully saturated rings. The first-order valence-electron chi connectivity index (χ1n) is 8.08. The van der Waals surface area contributed by atoms with Crippen molar-refractivity contribution in [1.29, 1.82) is 0 Å². The molecule has 126 valence electrons. The molecule has 0 radical (unpaired) electrons. The van der Waals surface area contributed by atoms with Crippen LogP contribution in [-0.4, -0.2) is 45.5 Å². The van der Waals surface area contributed by atoms with Crippen LogP contribution in [0.5, 0.6) is 11.6 Å². The van der Waals surface area contributed by atoms with E-state index in [9.17, 15) is 5.21 Å². The third-order valence-corrected chi connectivity index (χ3v) is 4.90. The van der Waals surface area contributed by atoms with E-state index < -0.39 is 0 Å². The highest BCUT2D eigenvalue weighted by molar-refractivity contribution is 7.99. The number of aromatic nitrogens is 1. The van der Waals surface area contributed by atoms with Gasteiger partial charge in [-0.05, 0) is 30.2 Å². The van der Waals surface area contributed by atoms with Gasteiger partial charge in [-0.15, -0.1) is 0 Å². The summed E-state index contributed by atoms with van der Waals surface area (Å²) in [4.78, 5) is 6.42. The van der Waals surface area contributed by atoms with Gasteiger partial charge >= 0.3 is 0 Å². The van der Waals surface area contributed by atoms with Crippen LogP contribution in [-0.2, 0) is 6.42 Å². The number of aryl methyl sites for hydroxylation is 1. The van der Waals surface area contributed by atoms with Gasteiger partial charge in [-0.2, -0.15) is 11.8 Å². The van der Waals surface area contributed by atoms with Crippen LogP contribution in [0.1, 0.15) is 18.1 Å². The highest BCUT2D eigenvalue weighted by Gasteiger charge is 2.17. The van der Waals surface area contributed by atoms with Gasteiger partial charge in [0.2, 0.25) is 5.88 Å². The lowest BCUT2D eigenvalue weighted by molar-refractivity contribution is 0.303. The summed E-state index contributed by atoms with van der Waals surface area (Å²) in [5.41, 5.74) is 2.06. The Morgan fingerprint density at radius 3 is 2.54 bits per heavy atom. The summed E-state index contributed by atoms with van der Waals surface area (Å²) in [6.07, 6.45) is 2.69. The topological polar surface area (TPSA) is 58.0 Å². The molecule has 0 bridgehead atoms. The Labute approximate surface area is 146 Å². The molecule has 1 N–H and O–H groups in total. The van der Waals surface area contributed by atoms with E-state index in [1.165, 1.54) is 5.56 Å². The summed E-state index contributed by atoms with van der Waals surface area (Å²) in [6.45, 7) is 3.88. The monoisotopic (exact) mass is 343 g/mol. The number of ether oxygens (including phenoxy) is 1. The number of rotatable bonds is 4. The van der Waals surface area contributed by atoms with Gasteiger partial charge in [0.1, 0.15) is 5.75 Å². The molecule has 0 saturated carbocycles. The van der Waals surface area contributed by atoms with Crippen LogP contribution in [0, 0.1) is 0 Å². The largest absolute Gasteiger partial charge is 0.439 e. The van der Waals surface area contributed by atoms with E-state index in [0.717, 1.165) is 42.3 Å². The van der Waals surface area contributed by atoms with Crippen LogP contribution in [0.25, 0.3) is 0 Å².